The first-order valence-electron chi connectivity index (χ1n) is 7.06. The number of halogens is 1. The van der Waals surface area contributed by atoms with Gasteiger partial charge in [-0.2, -0.15) is 5.10 Å². The summed E-state index contributed by atoms with van der Waals surface area (Å²) in [6, 6.07) is 0. The highest BCUT2D eigenvalue weighted by Crippen LogP contribution is 2.42. The van der Waals surface area contributed by atoms with Gasteiger partial charge in [-0.05, 0) is 25.2 Å². The van der Waals surface area contributed by atoms with Gasteiger partial charge in [0.2, 0.25) is 0 Å². The number of hydrogen-bond donors (Lipinski definition) is 2. The molecule has 19 heavy (non-hydrogen) atoms. The van der Waals surface area contributed by atoms with Crippen LogP contribution < -0.4 is 5.73 Å². The first-order chi connectivity index (χ1) is 9.05. The molecule has 1 saturated carbocycles. The largest absolute Gasteiger partial charge is 0.396 e. The molecular weight excluding hydrogens is 262 g/mol. The van der Waals surface area contributed by atoms with Crippen LogP contribution in [-0.2, 0) is 19.9 Å². The first kappa shape index (κ1) is 14.8. The molecule has 0 aliphatic heterocycles. The van der Waals surface area contributed by atoms with Crippen LogP contribution in [0.1, 0.15) is 37.6 Å². The van der Waals surface area contributed by atoms with Crippen molar-refractivity contribution in [1.82, 2.24) is 9.78 Å². The highest BCUT2D eigenvalue weighted by Gasteiger charge is 2.37. The summed E-state index contributed by atoms with van der Waals surface area (Å²) in [7, 11) is 1.91. The van der Waals surface area contributed by atoms with Crippen molar-refractivity contribution < 1.29 is 5.11 Å². The van der Waals surface area contributed by atoms with Gasteiger partial charge in [-0.15, -0.1) is 0 Å². The van der Waals surface area contributed by atoms with E-state index >= 15 is 0 Å². The Kier molecular flexibility index (Phi) is 4.54. The minimum atomic E-state index is -0.246. The number of hydrogen-bond acceptors (Lipinski definition) is 3. The summed E-state index contributed by atoms with van der Waals surface area (Å²) in [5.74, 6) is 0.730. The average Bonchev–Trinajstić information content (AvgIpc) is 3.19. The van der Waals surface area contributed by atoms with Crippen LogP contribution >= 0.6 is 11.6 Å². The molecule has 1 aliphatic rings. The van der Waals surface area contributed by atoms with Crippen molar-refractivity contribution in [2.24, 2.45) is 24.1 Å². The fourth-order valence-electron chi connectivity index (χ4n) is 2.71. The number of rotatable bonds is 7. The first-order valence-corrected chi connectivity index (χ1v) is 7.44. The van der Waals surface area contributed by atoms with Gasteiger partial charge in [0.05, 0.1) is 23.0 Å². The van der Waals surface area contributed by atoms with E-state index in [1.807, 2.05) is 18.7 Å². The molecule has 2 rings (SSSR count). The number of aliphatic hydroxyl groups excluding tert-OH is 1. The summed E-state index contributed by atoms with van der Waals surface area (Å²) in [4.78, 5) is 0. The van der Waals surface area contributed by atoms with Crippen molar-refractivity contribution in [2.75, 3.05) is 13.2 Å². The van der Waals surface area contributed by atoms with Gasteiger partial charge in [-0.3, -0.25) is 4.68 Å². The normalized spacial score (nSPS) is 18.6. The molecule has 1 atom stereocenters. The zero-order valence-corrected chi connectivity index (χ0v) is 12.6. The van der Waals surface area contributed by atoms with Gasteiger partial charge in [-0.1, -0.05) is 31.4 Å². The van der Waals surface area contributed by atoms with Crippen LogP contribution in [0.2, 0.25) is 5.02 Å². The molecule has 0 spiro atoms. The van der Waals surface area contributed by atoms with Gasteiger partial charge in [0, 0.05) is 19.0 Å². The molecule has 108 valence electrons. The SMILES string of the molecule is CCc1nn(C)c(CC(CN)(CO)CC2CC2)c1Cl. The van der Waals surface area contributed by atoms with Crippen molar-refractivity contribution in [2.45, 2.75) is 39.0 Å². The Morgan fingerprint density at radius 3 is 2.63 bits per heavy atom. The zero-order chi connectivity index (χ0) is 14.0. The van der Waals surface area contributed by atoms with E-state index in [-0.39, 0.29) is 12.0 Å². The fourth-order valence-corrected chi connectivity index (χ4v) is 3.07. The minimum Gasteiger partial charge on any atom is -0.396 e. The summed E-state index contributed by atoms with van der Waals surface area (Å²) < 4.78 is 1.84. The zero-order valence-electron chi connectivity index (χ0n) is 11.8. The molecule has 1 unspecified atom stereocenters. The predicted molar refractivity (Wildman–Crippen MR) is 77.2 cm³/mol. The van der Waals surface area contributed by atoms with Gasteiger partial charge in [0.25, 0.3) is 0 Å². The maximum atomic E-state index is 9.81. The van der Waals surface area contributed by atoms with E-state index < -0.39 is 0 Å². The Balaban J connectivity index is 2.22. The lowest BCUT2D eigenvalue weighted by Crippen LogP contribution is -2.37. The summed E-state index contributed by atoms with van der Waals surface area (Å²) in [6.45, 7) is 2.65. The second-order valence-corrected chi connectivity index (χ2v) is 6.25. The van der Waals surface area contributed by atoms with Crippen LogP contribution in [0.4, 0.5) is 0 Å². The molecule has 0 radical (unpaired) electrons. The smallest absolute Gasteiger partial charge is 0.0849 e. The molecule has 1 aliphatic carbocycles. The third kappa shape index (κ3) is 3.12. The van der Waals surface area contributed by atoms with Crippen molar-refractivity contribution in [3.8, 4) is 0 Å². The van der Waals surface area contributed by atoms with Crippen LogP contribution in [-0.4, -0.2) is 28.0 Å². The lowest BCUT2D eigenvalue weighted by atomic mass is 9.79. The van der Waals surface area contributed by atoms with Crippen molar-refractivity contribution in [3.05, 3.63) is 16.4 Å². The van der Waals surface area contributed by atoms with E-state index in [1.54, 1.807) is 0 Å². The number of nitrogens with zero attached hydrogens (tertiary/aromatic N) is 2. The van der Waals surface area contributed by atoms with E-state index in [0.717, 1.165) is 35.2 Å². The molecule has 5 heteroatoms. The van der Waals surface area contributed by atoms with E-state index in [0.29, 0.717) is 13.0 Å². The molecule has 1 fully saturated rings. The molecule has 1 heterocycles. The van der Waals surface area contributed by atoms with Crippen molar-refractivity contribution in [1.29, 1.82) is 0 Å². The van der Waals surface area contributed by atoms with E-state index in [9.17, 15) is 5.11 Å². The summed E-state index contributed by atoms with van der Waals surface area (Å²) in [6.07, 6.45) is 5.05. The topological polar surface area (TPSA) is 64.1 Å². The van der Waals surface area contributed by atoms with E-state index in [2.05, 4.69) is 5.10 Å². The predicted octanol–water partition coefficient (Wildman–Crippen LogP) is 1.92. The van der Waals surface area contributed by atoms with Crippen molar-refractivity contribution in [3.63, 3.8) is 0 Å². The Bertz CT molecular complexity index is 436. The van der Waals surface area contributed by atoms with Gasteiger partial charge < -0.3 is 10.8 Å². The summed E-state index contributed by atoms with van der Waals surface area (Å²) >= 11 is 6.40. The molecule has 1 aromatic heterocycles. The molecule has 0 aromatic carbocycles. The standard InChI is InChI=1S/C14H24ClN3O/c1-3-11-13(15)12(18(2)17-11)7-14(8-16,9-19)6-10-4-5-10/h10,19H,3-9,16H2,1-2H3. The molecule has 0 bridgehead atoms. The highest BCUT2D eigenvalue weighted by molar-refractivity contribution is 6.31. The third-order valence-corrected chi connectivity index (χ3v) is 4.67. The van der Waals surface area contributed by atoms with Crippen LogP contribution in [0.3, 0.4) is 0 Å². The van der Waals surface area contributed by atoms with Crippen LogP contribution in [0.5, 0.6) is 0 Å². The average molecular weight is 286 g/mol. The second-order valence-electron chi connectivity index (χ2n) is 5.87. The fraction of sp³-hybridized carbons (Fsp3) is 0.786. The second kappa shape index (κ2) is 5.81. The number of aromatic nitrogens is 2. The number of aryl methyl sites for hydroxylation is 2. The Labute approximate surface area is 119 Å². The van der Waals surface area contributed by atoms with Crippen molar-refractivity contribution >= 4 is 11.6 Å². The van der Waals surface area contributed by atoms with Gasteiger partial charge >= 0.3 is 0 Å². The van der Waals surface area contributed by atoms with E-state index in [1.165, 1.54) is 12.8 Å². The summed E-state index contributed by atoms with van der Waals surface area (Å²) in [5, 5.41) is 15.0. The Hall–Kier alpha value is -0.580. The van der Waals surface area contributed by atoms with Gasteiger partial charge in [-0.25, -0.2) is 0 Å². The third-order valence-electron chi connectivity index (χ3n) is 4.23. The lowest BCUT2D eigenvalue weighted by molar-refractivity contribution is 0.113. The number of aliphatic hydroxyl groups is 1. The van der Waals surface area contributed by atoms with Crippen LogP contribution in [0.25, 0.3) is 0 Å². The van der Waals surface area contributed by atoms with Gasteiger partial charge in [0.15, 0.2) is 0 Å². The summed E-state index contributed by atoms with van der Waals surface area (Å²) in [5.41, 5.74) is 7.63. The van der Waals surface area contributed by atoms with Crippen LogP contribution in [0.15, 0.2) is 0 Å². The monoisotopic (exact) mass is 285 g/mol. The Morgan fingerprint density at radius 2 is 2.21 bits per heavy atom. The molecule has 1 aromatic rings. The number of nitrogens with two attached hydrogens (primary N) is 1. The molecule has 0 saturated heterocycles. The highest BCUT2D eigenvalue weighted by atomic mass is 35.5. The molecule has 3 N–H and O–H groups in total. The van der Waals surface area contributed by atoms with E-state index in [4.69, 9.17) is 17.3 Å². The lowest BCUT2D eigenvalue weighted by Gasteiger charge is -2.30. The quantitative estimate of drug-likeness (QED) is 0.804. The van der Waals surface area contributed by atoms with Gasteiger partial charge in [0.1, 0.15) is 0 Å². The Morgan fingerprint density at radius 1 is 1.53 bits per heavy atom. The molecule has 0 amide bonds. The molecular formula is C14H24ClN3O. The maximum Gasteiger partial charge on any atom is 0.0849 e. The van der Waals surface area contributed by atoms with Crippen LogP contribution in [0, 0.1) is 11.3 Å². The minimum absolute atomic E-state index is 0.114. The molecule has 4 nitrogen and oxygen atoms in total. The maximum absolute atomic E-state index is 9.81.